The van der Waals surface area contributed by atoms with Gasteiger partial charge in [0, 0.05) is 30.5 Å². The second-order valence-corrected chi connectivity index (χ2v) is 7.07. The first-order valence-electron chi connectivity index (χ1n) is 10.4. The van der Waals surface area contributed by atoms with E-state index in [4.69, 9.17) is 20.2 Å². The van der Waals surface area contributed by atoms with Crippen LogP contribution in [-0.4, -0.2) is 39.6 Å². The smallest absolute Gasteiger partial charge is 0.130 e. The monoisotopic (exact) mass is 420 g/mol. The third-order valence-corrected chi connectivity index (χ3v) is 4.69. The highest BCUT2D eigenvalue weighted by molar-refractivity contribution is 5.93. The zero-order valence-electron chi connectivity index (χ0n) is 17.6. The summed E-state index contributed by atoms with van der Waals surface area (Å²) in [5.74, 6) is 1.09. The highest BCUT2D eigenvalue weighted by atomic mass is 16.5. The number of nitrogens with zero attached hydrogens (tertiary/aromatic N) is 2. The summed E-state index contributed by atoms with van der Waals surface area (Å²) in [6, 6.07) is 15.1. The van der Waals surface area contributed by atoms with Crippen molar-refractivity contribution in [3.8, 4) is 17.0 Å². The van der Waals surface area contributed by atoms with Crippen LogP contribution >= 0.6 is 0 Å². The molecule has 31 heavy (non-hydrogen) atoms. The summed E-state index contributed by atoms with van der Waals surface area (Å²) in [7, 11) is 0. The van der Waals surface area contributed by atoms with Gasteiger partial charge in [-0.1, -0.05) is 25.5 Å². The molecule has 7 nitrogen and oxygen atoms in total. The summed E-state index contributed by atoms with van der Waals surface area (Å²) in [6.45, 7) is 2.33. The highest BCUT2D eigenvalue weighted by Gasteiger charge is 2.14. The van der Waals surface area contributed by atoms with Crippen molar-refractivity contribution < 1.29 is 14.9 Å². The number of hydrogen-bond acceptors (Lipinski definition) is 7. The second kappa shape index (κ2) is 11.2. The number of rotatable bonds is 11. The van der Waals surface area contributed by atoms with Gasteiger partial charge in [0.2, 0.25) is 0 Å². The number of ether oxygens (including phenoxy) is 1. The van der Waals surface area contributed by atoms with Gasteiger partial charge in [0.25, 0.3) is 0 Å². The van der Waals surface area contributed by atoms with E-state index in [0.29, 0.717) is 41.5 Å². The molecule has 7 heteroatoms. The number of anilines is 2. The van der Waals surface area contributed by atoms with Crippen LogP contribution in [0.5, 0.6) is 5.75 Å². The molecule has 0 unspecified atom stereocenters. The maximum atomic E-state index is 9.38. The molecule has 162 valence electrons. The Morgan fingerprint density at radius 2 is 1.87 bits per heavy atom. The Labute approximate surface area is 182 Å². The molecule has 0 aliphatic heterocycles. The number of aliphatic hydroxyl groups is 2. The number of pyridine rings is 2. The van der Waals surface area contributed by atoms with Crippen molar-refractivity contribution in [3.63, 3.8) is 0 Å². The van der Waals surface area contributed by atoms with E-state index in [2.05, 4.69) is 17.2 Å². The molecule has 0 amide bonds. The van der Waals surface area contributed by atoms with E-state index in [0.717, 1.165) is 29.8 Å². The zero-order chi connectivity index (χ0) is 22.1. The van der Waals surface area contributed by atoms with E-state index in [1.807, 2.05) is 36.4 Å². The molecule has 2 aromatic heterocycles. The quantitative estimate of drug-likeness (QED) is 0.275. The van der Waals surface area contributed by atoms with Crippen LogP contribution < -0.4 is 10.1 Å². The van der Waals surface area contributed by atoms with Crippen LogP contribution in [0.1, 0.15) is 36.7 Å². The maximum Gasteiger partial charge on any atom is 0.130 e. The van der Waals surface area contributed by atoms with Gasteiger partial charge in [-0.2, -0.15) is 0 Å². The molecule has 0 bridgehead atoms. The normalized spacial score (nSPS) is 10.7. The van der Waals surface area contributed by atoms with Crippen LogP contribution in [0.2, 0.25) is 0 Å². The standard InChI is InChI=1S/C24H28N4O3/c1-2-6-18-7-3-9-21(26-18)17-13-22(28-24-10-4-8-19(16-30)27-24)20(15-25)23(14-17)31-12-5-11-29/h3-4,7-10,13-15,25,29-30H,2,5-6,11-12,16H2,1H3,(H,27,28). The van der Waals surface area contributed by atoms with Crippen molar-refractivity contribution in [2.45, 2.75) is 32.8 Å². The van der Waals surface area contributed by atoms with E-state index in [1.54, 1.807) is 12.1 Å². The first-order chi connectivity index (χ1) is 15.2. The fraction of sp³-hybridized carbons (Fsp3) is 0.292. The number of benzene rings is 1. The fourth-order valence-corrected chi connectivity index (χ4v) is 3.20. The van der Waals surface area contributed by atoms with Gasteiger partial charge in [-0.15, -0.1) is 0 Å². The molecule has 1 aromatic carbocycles. The molecule has 4 N–H and O–H groups in total. The minimum absolute atomic E-state index is 0.0310. The van der Waals surface area contributed by atoms with Crippen molar-refractivity contribution in [3.05, 3.63) is 65.5 Å². The molecule has 0 saturated carbocycles. The topological polar surface area (TPSA) is 111 Å². The average molecular weight is 421 g/mol. The minimum atomic E-state index is -0.156. The Kier molecular flexibility index (Phi) is 8.09. The SMILES string of the molecule is CCCc1cccc(-c2cc(Nc3cccc(CO)n3)c(C=N)c(OCCCO)c2)n1. The molecule has 0 spiro atoms. The van der Waals surface area contributed by atoms with E-state index >= 15 is 0 Å². The van der Waals surface area contributed by atoms with E-state index in [1.165, 1.54) is 6.21 Å². The van der Waals surface area contributed by atoms with Gasteiger partial charge in [0.1, 0.15) is 11.6 Å². The maximum absolute atomic E-state index is 9.38. The summed E-state index contributed by atoms with van der Waals surface area (Å²) >= 11 is 0. The predicted octanol–water partition coefficient (Wildman–Crippen LogP) is 4.09. The summed E-state index contributed by atoms with van der Waals surface area (Å²) < 4.78 is 5.89. The molecule has 0 aliphatic rings. The lowest BCUT2D eigenvalue weighted by Crippen LogP contribution is -2.06. The van der Waals surface area contributed by atoms with Crippen molar-refractivity contribution in [1.29, 1.82) is 5.41 Å². The summed E-state index contributed by atoms with van der Waals surface area (Å²) in [5.41, 5.74) is 4.45. The number of nitrogens with one attached hydrogen (secondary N) is 2. The Morgan fingerprint density at radius 3 is 2.61 bits per heavy atom. The van der Waals surface area contributed by atoms with Crippen LogP contribution in [0, 0.1) is 5.41 Å². The van der Waals surface area contributed by atoms with Crippen LogP contribution in [0.15, 0.2) is 48.5 Å². The van der Waals surface area contributed by atoms with Crippen LogP contribution in [0.4, 0.5) is 11.5 Å². The molecular weight excluding hydrogens is 392 g/mol. The lowest BCUT2D eigenvalue weighted by atomic mass is 10.0. The van der Waals surface area contributed by atoms with Crippen LogP contribution in [0.25, 0.3) is 11.3 Å². The summed E-state index contributed by atoms with van der Waals surface area (Å²) in [6.07, 6.45) is 3.64. The third-order valence-electron chi connectivity index (χ3n) is 4.69. The predicted molar refractivity (Wildman–Crippen MR) is 122 cm³/mol. The molecule has 0 radical (unpaired) electrons. The van der Waals surface area contributed by atoms with E-state index < -0.39 is 0 Å². The number of aryl methyl sites for hydroxylation is 1. The minimum Gasteiger partial charge on any atom is -0.493 e. The van der Waals surface area contributed by atoms with Crippen molar-refractivity contribution in [1.82, 2.24) is 9.97 Å². The second-order valence-electron chi connectivity index (χ2n) is 7.07. The number of aliphatic hydroxyl groups excluding tert-OH is 2. The van der Waals surface area contributed by atoms with Crippen LogP contribution in [-0.2, 0) is 13.0 Å². The van der Waals surface area contributed by atoms with Crippen LogP contribution in [0.3, 0.4) is 0 Å². The fourth-order valence-electron chi connectivity index (χ4n) is 3.20. The van der Waals surface area contributed by atoms with Gasteiger partial charge in [0.05, 0.1) is 35.9 Å². The highest BCUT2D eigenvalue weighted by Crippen LogP contribution is 2.34. The lowest BCUT2D eigenvalue weighted by molar-refractivity contribution is 0.233. The third kappa shape index (κ3) is 5.87. The van der Waals surface area contributed by atoms with Gasteiger partial charge < -0.3 is 25.7 Å². The Bertz CT molecular complexity index is 1020. The zero-order valence-corrected chi connectivity index (χ0v) is 17.6. The largest absolute Gasteiger partial charge is 0.493 e. The molecule has 0 fully saturated rings. The van der Waals surface area contributed by atoms with Gasteiger partial charge in [-0.25, -0.2) is 4.98 Å². The Hall–Kier alpha value is -3.29. The molecule has 0 aliphatic carbocycles. The number of aromatic nitrogens is 2. The van der Waals surface area contributed by atoms with Gasteiger partial charge in [0.15, 0.2) is 0 Å². The van der Waals surface area contributed by atoms with Crippen molar-refractivity contribution >= 4 is 17.7 Å². The number of hydrogen-bond donors (Lipinski definition) is 4. The van der Waals surface area contributed by atoms with Crippen molar-refractivity contribution in [2.75, 3.05) is 18.5 Å². The molecule has 2 heterocycles. The van der Waals surface area contributed by atoms with E-state index in [9.17, 15) is 5.11 Å². The molecule has 3 aromatic rings. The summed E-state index contributed by atoms with van der Waals surface area (Å²) in [4.78, 5) is 9.15. The average Bonchev–Trinajstić information content (AvgIpc) is 2.79. The lowest BCUT2D eigenvalue weighted by Gasteiger charge is -2.17. The van der Waals surface area contributed by atoms with E-state index in [-0.39, 0.29) is 13.2 Å². The van der Waals surface area contributed by atoms with Crippen molar-refractivity contribution in [2.24, 2.45) is 0 Å². The van der Waals surface area contributed by atoms with Gasteiger partial charge >= 0.3 is 0 Å². The first kappa shape index (κ1) is 22.4. The first-order valence-corrected chi connectivity index (χ1v) is 10.4. The van der Waals surface area contributed by atoms with Gasteiger partial charge in [-0.3, -0.25) is 4.98 Å². The summed E-state index contributed by atoms with van der Waals surface area (Å²) in [5, 5.41) is 29.7. The molecule has 3 rings (SSSR count). The van der Waals surface area contributed by atoms with Gasteiger partial charge in [-0.05, 0) is 42.8 Å². The molecule has 0 atom stereocenters. The molecular formula is C24H28N4O3. The Balaban J connectivity index is 2.06. The molecule has 0 saturated heterocycles. The Morgan fingerprint density at radius 1 is 1.06 bits per heavy atom.